The van der Waals surface area contributed by atoms with Gasteiger partial charge in [0.05, 0.1) is 5.92 Å². The van der Waals surface area contributed by atoms with Crippen LogP contribution in [0.3, 0.4) is 0 Å². The summed E-state index contributed by atoms with van der Waals surface area (Å²) in [4.78, 5) is 45.3. The van der Waals surface area contributed by atoms with Crippen LogP contribution in [0, 0.1) is 19.8 Å². The van der Waals surface area contributed by atoms with E-state index in [0.29, 0.717) is 29.7 Å². The topological polar surface area (TPSA) is 121 Å². The van der Waals surface area contributed by atoms with E-state index in [0.717, 1.165) is 22.3 Å². The van der Waals surface area contributed by atoms with Crippen molar-refractivity contribution in [1.29, 1.82) is 0 Å². The number of carboxylic acids is 1. The molecule has 3 N–H and O–H groups in total. The Morgan fingerprint density at radius 2 is 1.51 bits per heavy atom. The minimum atomic E-state index is -0.968. The van der Waals surface area contributed by atoms with Crippen LogP contribution in [0.5, 0.6) is 0 Å². The first kappa shape index (κ1) is 27.2. The number of aliphatic carboxylic acids is 1. The van der Waals surface area contributed by atoms with Crippen LogP contribution in [0.2, 0.25) is 0 Å². The Labute approximate surface area is 227 Å². The molecule has 8 nitrogen and oxygen atoms in total. The van der Waals surface area contributed by atoms with Crippen LogP contribution in [0.15, 0.2) is 85.2 Å². The Balaban J connectivity index is 1.33. The molecule has 3 aromatic carbocycles. The number of amides is 2. The van der Waals surface area contributed by atoms with Gasteiger partial charge in [-0.25, -0.2) is 14.8 Å². The maximum atomic E-state index is 12.8. The predicted octanol–water partition coefficient (Wildman–Crippen LogP) is 6.31. The van der Waals surface area contributed by atoms with E-state index in [1.54, 1.807) is 36.7 Å². The average molecular weight is 523 g/mol. The van der Waals surface area contributed by atoms with Gasteiger partial charge in [0, 0.05) is 35.6 Å². The Hall–Kier alpha value is -4.85. The Bertz CT molecular complexity index is 1450. The highest BCUT2D eigenvalue weighted by molar-refractivity contribution is 5.99. The zero-order valence-electron chi connectivity index (χ0n) is 21.8. The van der Waals surface area contributed by atoms with Crippen LogP contribution < -0.4 is 10.6 Å². The number of nitrogens with one attached hydrogen (secondary N) is 2. The molecular formula is C31H30N4O4. The molecule has 0 aliphatic rings. The summed E-state index contributed by atoms with van der Waals surface area (Å²) in [7, 11) is 0. The van der Waals surface area contributed by atoms with Gasteiger partial charge in [0.15, 0.2) is 5.78 Å². The first-order chi connectivity index (χ1) is 18.8. The van der Waals surface area contributed by atoms with Gasteiger partial charge in [-0.3, -0.25) is 14.9 Å². The molecule has 0 fully saturated rings. The highest BCUT2D eigenvalue weighted by Crippen LogP contribution is 2.22. The number of carbonyl (C=O) groups excluding carboxylic acids is 2. The molecule has 1 aromatic heterocycles. The number of Topliss-reactive ketones (excluding diaryl/α,β-unsaturated/α-hetero) is 1. The van der Waals surface area contributed by atoms with Gasteiger partial charge >= 0.3 is 12.0 Å². The zero-order valence-corrected chi connectivity index (χ0v) is 21.8. The van der Waals surface area contributed by atoms with Gasteiger partial charge in [0.1, 0.15) is 0 Å². The summed E-state index contributed by atoms with van der Waals surface area (Å²) in [6.45, 7) is 3.98. The molecule has 0 aliphatic heterocycles. The molecule has 0 saturated carbocycles. The van der Waals surface area contributed by atoms with Crippen molar-refractivity contribution in [1.82, 2.24) is 9.97 Å². The second-order valence-corrected chi connectivity index (χ2v) is 9.44. The number of ketones is 1. The van der Waals surface area contributed by atoms with E-state index < -0.39 is 17.9 Å². The van der Waals surface area contributed by atoms with E-state index in [9.17, 15) is 19.5 Å². The zero-order chi connectivity index (χ0) is 27.8. The van der Waals surface area contributed by atoms with Gasteiger partial charge in [0.25, 0.3) is 0 Å². The first-order valence-corrected chi connectivity index (χ1v) is 12.7. The molecule has 39 heavy (non-hydrogen) atoms. The summed E-state index contributed by atoms with van der Waals surface area (Å²) < 4.78 is 0. The predicted molar refractivity (Wildman–Crippen MR) is 151 cm³/mol. The monoisotopic (exact) mass is 522 g/mol. The number of carbonyl (C=O) groups is 3. The van der Waals surface area contributed by atoms with Gasteiger partial charge in [-0.05, 0) is 61.1 Å². The van der Waals surface area contributed by atoms with Crippen LogP contribution >= 0.6 is 0 Å². The highest BCUT2D eigenvalue weighted by Gasteiger charge is 2.22. The molecule has 4 rings (SSSR count). The largest absolute Gasteiger partial charge is 0.481 e. The number of benzene rings is 3. The van der Waals surface area contributed by atoms with Gasteiger partial charge in [-0.2, -0.15) is 0 Å². The van der Waals surface area contributed by atoms with Crippen LogP contribution in [0.1, 0.15) is 39.9 Å². The van der Waals surface area contributed by atoms with E-state index in [-0.39, 0.29) is 18.2 Å². The van der Waals surface area contributed by atoms with Crippen LogP contribution in [0.4, 0.5) is 16.4 Å². The molecule has 0 saturated heterocycles. The highest BCUT2D eigenvalue weighted by atomic mass is 16.4. The summed E-state index contributed by atoms with van der Waals surface area (Å²) in [6, 6.07) is 21.7. The lowest BCUT2D eigenvalue weighted by molar-refractivity contribution is -0.141. The van der Waals surface area contributed by atoms with Crippen LogP contribution in [-0.4, -0.2) is 32.9 Å². The van der Waals surface area contributed by atoms with Crippen molar-refractivity contribution in [3.05, 3.63) is 107 Å². The van der Waals surface area contributed by atoms with Crippen molar-refractivity contribution in [2.75, 3.05) is 10.6 Å². The van der Waals surface area contributed by atoms with E-state index >= 15 is 0 Å². The summed E-state index contributed by atoms with van der Waals surface area (Å²) in [6.07, 6.45) is 4.10. The molecule has 1 atom stereocenters. The summed E-state index contributed by atoms with van der Waals surface area (Å²) in [5, 5.41) is 15.0. The fraction of sp³-hybridized carbons (Fsp3) is 0.194. The van der Waals surface area contributed by atoms with Crippen molar-refractivity contribution in [2.24, 2.45) is 5.92 Å². The number of urea groups is 1. The van der Waals surface area contributed by atoms with E-state index in [1.807, 2.05) is 62.4 Å². The summed E-state index contributed by atoms with van der Waals surface area (Å²) >= 11 is 0. The second-order valence-electron chi connectivity index (χ2n) is 9.44. The second kappa shape index (κ2) is 12.6. The molecule has 4 aromatic rings. The van der Waals surface area contributed by atoms with Crippen molar-refractivity contribution < 1.29 is 19.5 Å². The van der Waals surface area contributed by atoms with Gasteiger partial charge < -0.3 is 10.4 Å². The number of rotatable bonds is 10. The summed E-state index contributed by atoms with van der Waals surface area (Å²) in [5.41, 5.74) is 5.88. The van der Waals surface area contributed by atoms with Crippen LogP contribution in [-0.2, 0) is 11.2 Å². The number of carboxylic acid groups (broad SMARTS) is 1. The Morgan fingerprint density at radius 3 is 2.15 bits per heavy atom. The SMILES string of the molecule is Cc1ccc(NC(=O)Nc2ncc(-c3ccc(C(=O)CC(CCc4ccccc4)C(=O)O)cc3)cn2)cc1C. The molecule has 8 heteroatoms. The van der Waals surface area contributed by atoms with Crippen molar-refractivity contribution in [2.45, 2.75) is 33.1 Å². The Morgan fingerprint density at radius 1 is 0.821 bits per heavy atom. The number of hydrogen-bond acceptors (Lipinski definition) is 5. The van der Waals surface area contributed by atoms with Gasteiger partial charge in [0.2, 0.25) is 5.95 Å². The Kier molecular flexibility index (Phi) is 8.78. The smallest absolute Gasteiger partial charge is 0.326 e. The third-order valence-corrected chi connectivity index (χ3v) is 6.59. The third-order valence-electron chi connectivity index (χ3n) is 6.59. The molecule has 198 valence electrons. The molecular weight excluding hydrogens is 492 g/mol. The first-order valence-electron chi connectivity index (χ1n) is 12.7. The maximum Gasteiger partial charge on any atom is 0.326 e. The lowest BCUT2D eigenvalue weighted by Gasteiger charge is -2.12. The lowest BCUT2D eigenvalue weighted by atomic mass is 9.92. The lowest BCUT2D eigenvalue weighted by Crippen LogP contribution is -2.20. The normalized spacial score (nSPS) is 11.4. The fourth-order valence-electron chi connectivity index (χ4n) is 4.11. The van der Waals surface area contributed by atoms with Crippen molar-refractivity contribution >= 4 is 29.4 Å². The van der Waals surface area contributed by atoms with Crippen molar-refractivity contribution in [3.63, 3.8) is 0 Å². The molecule has 0 bridgehead atoms. The maximum absolute atomic E-state index is 12.8. The van der Waals surface area contributed by atoms with E-state index in [1.165, 1.54) is 0 Å². The van der Waals surface area contributed by atoms with Gasteiger partial charge in [-0.1, -0.05) is 60.7 Å². The number of aromatic nitrogens is 2. The van der Waals surface area contributed by atoms with E-state index in [2.05, 4.69) is 20.6 Å². The molecule has 0 spiro atoms. The minimum Gasteiger partial charge on any atom is -0.481 e. The molecule has 0 aliphatic carbocycles. The van der Waals surface area contributed by atoms with E-state index in [4.69, 9.17) is 0 Å². The molecule has 1 heterocycles. The van der Waals surface area contributed by atoms with Crippen molar-refractivity contribution in [3.8, 4) is 11.1 Å². The number of aryl methyl sites for hydroxylation is 3. The van der Waals surface area contributed by atoms with Gasteiger partial charge in [-0.15, -0.1) is 0 Å². The number of nitrogens with zero attached hydrogens (tertiary/aromatic N) is 2. The molecule has 1 unspecified atom stereocenters. The minimum absolute atomic E-state index is 0.0603. The number of hydrogen-bond donors (Lipinski definition) is 3. The quantitative estimate of drug-likeness (QED) is 0.210. The van der Waals surface area contributed by atoms with Crippen LogP contribution in [0.25, 0.3) is 11.1 Å². The summed E-state index contributed by atoms with van der Waals surface area (Å²) in [5.74, 6) is -1.78. The standard InChI is InChI=1S/C31H30N4O4/c1-20-8-15-27(16-21(20)2)34-31(39)35-30-32-18-26(19-33-30)23-11-13-24(14-12-23)28(36)17-25(29(37)38)10-9-22-6-4-3-5-7-22/h3-8,11-16,18-19,25H,9-10,17H2,1-2H3,(H,37,38)(H2,32,33,34,35,39). The third kappa shape index (κ3) is 7.58. The average Bonchev–Trinajstić information content (AvgIpc) is 2.94. The molecule has 0 radical (unpaired) electrons. The molecule has 2 amide bonds. The fourth-order valence-corrected chi connectivity index (χ4v) is 4.11. The number of anilines is 2.